The van der Waals surface area contributed by atoms with Crippen molar-refractivity contribution in [2.45, 2.75) is 6.42 Å². The van der Waals surface area contributed by atoms with Gasteiger partial charge in [0.1, 0.15) is 0 Å². The first-order valence-corrected chi connectivity index (χ1v) is 8.34. The summed E-state index contributed by atoms with van der Waals surface area (Å²) in [6, 6.07) is 12.9. The molecular formula is C19H19N5O3. The number of hydrogen-bond donors (Lipinski definition) is 2. The Hall–Kier alpha value is -3.68. The lowest BCUT2D eigenvalue weighted by Crippen LogP contribution is -2.28. The lowest BCUT2D eigenvalue weighted by Gasteiger charge is -2.06. The number of anilines is 1. The van der Waals surface area contributed by atoms with E-state index >= 15 is 0 Å². The van der Waals surface area contributed by atoms with Crippen LogP contribution in [0.25, 0.3) is 5.69 Å². The van der Waals surface area contributed by atoms with Crippen LogP contribution in [0.15, 0.2) is 61.1 Å². The molecule has 0 saturated carbocycles. The summed E-state index contributed by atoms with van der Waals surface area (Å²) in [5, 5.41) is 9.68. The van der Waals surface area contributed by atoms with Crippen molar-refractivity contribution in [3.8, 4) is 11.4 Å². The molecule has 0 radical (unpaired) electrons. The summed E-state index contributed by atoms with van der Waals surface area (Å²) in [5.74, 6) is -0.267. The normalized spacial score (nSPS) is 10.3. The predicted molar refractivity (Wildman–Crippen MR) is 99.9 cm³/mol. The molecule has 0 aliphatic heterocycles. The van der Waals surface area contributed by atoms with Gasteiger partial charge in [0.25, 0.3) is 5.91 Å². The molecule has 0 aliphatic carbocycles. The fraction of sp³-hybridized carbons (Fsp3) is 0.158. The number of carbonyl (C=O) groups excluding carboxylic acids is 2. The zero-order chi connectivity index (χ0) is 19.1. The average molecular weight is 365 g/mol. The molecule has 8 heteroatoms. The summed E-state index contributed by atoms with van der Waals surface area (Å²) in [6.45, 7) is 0.173. The highest BCUT2D eigenvalue weighted by Gasteiger charge is 2.18. The second-order valence-corrected chi connectivity index (χ2v) is 5.62. The number of ether oxygens (including phenoxy) is 1. The molecule has 138 valence electrons. The molecule has 2 heterocycles. The number of para-hydroxylation sites is 1. The van der Waals surface area contributed by atoms with Gasteiger partial charge in [0.05, 0.1) is 30.9 Å². The predicted octanol–water partition coefficient (Wildman–Crippen LogP) is 2.03. The number of benzene rings is 1. The number of methoxy groups -OCH3 is 1. The summed E-state index contributed by atoms with van der Waals surface area (Å²) in [5.41, 5.74) is 1.58. The number of rotatable bonds is 7. The van der Waals surface area contributed by atoms with Crippen molar-refractivity contribution in [1.82, 2.24) is 20.1 Å². The molecule has 0 bridgehead atoms. The van der Waals surface area contributed by atoms with Crippen LogP contribution in [0.3, 0.4) is 0 Å². The van der Waals surface area contributed by atoms with E-state index in [-0.39, 0.29) is 24.6 Å². The number of nitrogens with zero attached hydrogens (tertiary/aromatic N) is 3. The molecule has 0 unspecified atom stereocenters. The first-order valence-electron chi connectivity index (χ1n) is 8.34. The van der Waals surface area contributed by atoms with Crippen LogP contribution in [0.2, 0.25) is 0 Å². The standard InChI is InChI=1S/C19H19N5O3/c1-27-16-13-24(15-7-3-2-4-8-15)23-18(16)19(26)21-11-9-17(25)22-14-6-5-10-20-12-14/h2-8,10,12-13H,9,11H2,1H3,(H,21,26)(H,22,25). The minimum atomic E-state index is -0.407. The van der Waals surface area contributed by atoms with E-state index in [1.54, 1.807) is 35.4 Å². The van der Waals surface area contributed by atoms with Gasteiger partial charge in [-0.15, -0.1) is 0 Å². The number of aromatic nitrogens is 3. The molecule has 1 aromatic carbocycles. The maximum absolute atomic E-state index is 12.4. The fourth-order valence-electron chi connectivity index (χ4n) is 2.41. The second kappa shape index (κ2) is 8.61. The first kappa shape index (κ1) is 18.1. The Labute approximate surface area is 156 Å². The molecule has 3 aromatic rings. The molecule has 8 nitrogen and oxygen atoms in total. The molecule has 2 amide bonds. The third-order valence-corrected chi connectivity index (χ3v) is 3.72. The van der Waals surface area contributed by atoms with Crippen LogP contribution in [-0.2, 0) is 4.79 Å². The van der Waals surface area contributed by atoms with Crippen LogP contribution in [0.5, 0.6) is 5.75 Å². The molecule has 0 spiro atoms. The zero-order valence-corrected chi connectivity index (χ0v) is 14.8. The third-order valence-electron chi connectivity index (χ3n) is 3.72. The molecular weight excluding hydrogens is 346 g/mol. The molecule has 2 N–H and O–H groups in total. The quantitative estimate of drug-likeness (QED) is 0.668. The van der Waals surface area contributed by atoms with Crippen molar-refractivity contribution < 1.29 is 14.3 Å². The average Bonchev–Trinajstić information content (AvgIpc) is 3.14. The van der Waals surface area contributed by atoms with Crippen molar-refractivity contribution in [2.24, 2.45) is 0 Å². The highest BCUT2D eigenvalue weighted by atomic mass is 16.5. The van der Waals surface area contributed by atoms with Crippen LogP contribution < -0.4 is 15.4 Å². The van der Waals surface area contributed by atoms with Crippen LogP contribution >= 0.6 is 0 Å². The summed E-state index contributed by atoms with van der Waals surface area (Å²) >= 11 is 0. The fourth-order valence-corrected chi connectivity index (χ4v) is 2.41. The van der Waals surface area contributed by atoms with Crippen LogP contribution in [0.1, 0.15) is 16.9 Å². The largest absolute Gasteiger partial charge is 0.493 e. The minimum Gasteiger partial charge on any atom is -0.493 e. The highest BCUT2D eigenvalue weighted by molar-refractivity contribution is 5.95. The zero-order valence-electron chi connectivity index (χ0n) is 14.8. The molecule has 27 heavy (non-hydrogen) atoms. The summed E-state index contributed by atoms with van der Waals surface area (Å²) < 4.78 is 6.82. The molecule has 0 fully saturated rings. The van der Waals surface area contributed by atoms with Gasteiger partial charge in [-0.05, 0) is 24.3 Å². The van der Waals surface area contributed by atoms with Gasteiger partial charge in [-0.3, -0.25) is 14.6 Å². The van der Waals surface area contributed by atoms with Crippen molar-refractivity contribution in [1.29, 1.82) is 0 Å². The Balaban J connectivity index is 1.58. The van der Waals surface area contributed by atoms with Crippen molar-refractivity contribution in [3.05, 3.63) is 66.7 Å². The van der Waals surface area contributed by atoms with Gasteiger partial charge in [0, 0.05) is 19.2 Å². The van der Waals surface area contributed by atoms with Crippen LogP contribution in [0.4, 0.5) is 5.69 Å². The molecule has 0 atom stereocenters. The third kappa shape index (κ3) is 4.69. The molecule has 3 rings (SSSR count). The smallest absolute Gasteiger partial charge is 0.275 e. The Morgan fingerprint density at radius 2 is 1.96 bits per heavy atom. The van der Waals surface area contributed by atoms with E-state index < -0.39 is 5.91 Å². The van der Waals surface area contributed by atoms with Gasteiger partial charge in [-0.1, -0.05) is 18.2 Å². The van der Waals surface area contributed by atoms with E-state index in [2.05, 4.69) is 20.7 Å². The number of pyridine rings is 1. The van der Waals surface area contributed by atoms with E-state index in [0.717, 1.165) is 5.69 Å². The monoisotopic (exact) mass is 365 g/mol. The van der Waals surface area contributed by atoms with Gasteiger partial charge in [-0.2, -0.15) is 5.10 Å². The number of hydrogen-bond acceptors (Lipinski definition) is 5. The van der Waals surface area contributed by atoms with Gasteiger partial charge in [-0.25, -0.2) is 4.68 Å². The summed E-state index contributed by atoms with van der Waals surface area (Å²) in [7, 11) is 1.48. The van der Waals surface area contributed by atoms with Gasteiger partial charge in [0.2, 0.25) is 5.91 Å². The van der Waals surface area contributed by atoms with Gasteiger partial charge < -0.3 is 15.4 Å². The Bertz CT molecular complexity index is 910. The van der Waals surface area contributed by atoms with Crippen molar-refractivity contribution >= 4 is 17.5 Å². The van der Waals surface area contributed by atoms with E-state index in [0.29, 0.717) is 11.4 Å². The Morgan fingerprint density at radius 1 is 1.15 bits per heavy atom. The molecule has 2 aromatic heterocycles. The Kier molecular flexibility index (Phi) is 5.78. The van der Waals surface area contributed by atoms with Gasteiger partial charge >= 0.3 is 0 Å². The summed E-state index contributed by atoms with van der Waals surface area (Å²) in [4.78, 5) is 28.2. The van der Waals surface area contributed by atoms with E-state index in [9.17, 15) is 9.59 Å². The number of nitrogens with one attached hydrogen (secondary N) is 2. The van der Waals surface area contributed by atoms with E-state index in [4.69, 9.17) is 4.74 Å². The number of amides is 2. The lowest BCUT2D eigenvalue weighted by molar-refractivity contribution is -0.116. The van der Waals surface area contributed by atoms with Crippen LogP contribution in [-0.4, -0.2) is 40.2 Å². The topological polar surface area (TPSA) is 98.1 Å². The molecule has 0 saturated heterocycles. The maximum atomic E-state index is 12.4. The maximum Gasteiger partial charge on any atom is 0.275 e. The summed E-state index contributed by atoms with van der Waals surface area (Å²) in [6.07, 6.45) is 4.94. The number of carbonyl (C=O) groups is 2. The van der Waals surface area contributed by atoms with Crippen LogP contribution in [0, 0.1) is 0 Å². The lowest BCUT2D eigenvalue weighted by atomic mass is 10.3. The van der Waals surface area contributed by atoms with E-state index in [1.807, 2.05) is 30.3 Å². The van der Waals surface area contributed by atoms with Crippen molar-refractivity contribution in [3.63, 3.8) is 0 Å². The first-order chi connectivity index (χ1) is 13.2. The highest BCUT2D eigenvalue weighted by Crippen LogP contribution is 2.19. The SMILES string of the molecule is COc1cn(-c2ccccc2)nc1C(=O)NCCC(=O)Nc1cccnc1. The van der Waals surface area contributed by atoms with Gasteiger partial charge in [0.15, 0.2) is 11.4 Å². The van der Waals surface area contributed by atoms with E-state index in [1.165, 1.54) is 7.11 Å². The Morgan fingerprint density at radius 3 is 2.67 bits per heavy atom. The minimum absolute atomic E-state index is 0.127. The molecule has 0 aliphatic rings. The second-order valence-electron chi connectivity index (χ2n) is 5.62. The van der Waals surface area contributed by atoms with Crippen molar-refractivity contribution in [2.75, 3.05) is 19.0 Å².